The third-order valence-corrected chi connectivity index (χ3v) is 11.5. The molecule has 0 aliphatic rings. The Morgan fingerprint density at radius 2 is 0.828 bits per heavy atom. The van der Waals surface area contributed by atoms with Crippen LogP contribution >= 0.6 is 0 Å². The van der Waals surface area contributed by atoms with Gasteiger partial charge in [-0.05, 0) is 115 Å². The quantitative estimate of drug-likeness (QED) is 0.162. The minimum Gasteiger partial charge on any atom is -0.455 e. The highest BCUT2D eigenvalue weighted by atomic mass is 16.3. The fourth-order valence-electron chi connectivity index (χ4n) is 8.63. The van der Waals surface area contributed by atoms with Crippen molar-refractivity contribution < 1.29 is 4.42 Å². The maximum atomic E-state index is 6.58. The van der Waals surface area contributed by atoms with Gasteiger partial charge < -0.3 is 9.32 Å². The molecule has 0 aliphatic heterocycles. The van der Waals surface area contributed by atoms with Gasteiger partial charge in [0.1, 0.15) is 11.2 Å². The van der Waals surface area contributed by atoms with E-state index in [1.165, 1.54) is 49.5 Å². The van der Waals surface area contributed by atoms with Crippen LogP contribution < -0.4 is 4.90 Å². The summed E-state index contributed by atoms with van der Waals surface area (Å²) in [5, 5.41) is 7.08. The van der Waals surface area contributed by atoms with Crippen LogP contribution in [0.5, 0.6) is 0 Å². The van der Waals surface area contributed by atoms with Crippen molar-refractivity contribution in [1.82, 2.24) is 0 Å². The molecule has 1 heterocycles. The highest BCUT2D eigenvalue weighted by molar-refractivity contribution is 6.19. The van der Waals surface area contributed by atoms with Gasteiger partial charge in [0.2, 0.25) is 0 Å². The van der Waals surface area contributed by atoms with E-state index in [4.69, 9.17) is 4.42 Å². The van der Waals surface area contributed by atoms with Gasteiger partial charge in [-0.2, -0.15) is 0 Å². The molecule has 0 atom stereocenters. The summed E-state index contributed by atoms with van der Waals surface area (Å²) in [4.78, 5) is 2.36. The smallest absolute Gasteiger partial charge is 0.143 e. The van der Waals surface area contributed by atoms with Gasteiger partial charge in [0.15, 0.2) is 0 Å². The minimum absolute atomic E-state index is 0.891. The van der Waals surface area contributed by atoms with E-state index in [-0.39, 0.29) is 0 Å². The topological polar surface area (TPSA) is 16.4 Å². The van der Waals surface area contributed by atoms with Crippen LogP contribution in [-0.2, 0) is 0 Å². The Bertz CT molecular complexity index is 3260. The fraction of sp³-hybridized carbons (Fsp3) is 0. The molecule has 0 unspecified atom stereocenters. The summed E-state index contributed by atoms with van der Waals surface area (Å²) in [6.07, 6.45) is 0. The van der Waals surface area contributed by atoms with Crippen molar-refractivity contribution in [2.75, 3.05) is 4.90 Å². The SMILES string of the molecule is c1ccc(-c2ccc(N(c3ccc(-c4cccc(-c5cccc6ccccc56)c4)cc3)c3cccc(-c4cccc5oc6c7ccccc7ccc6c45)c3)cc2)cc1. The van der Waals surface area contributed by atoms with Crippen molar-refractivity contribution >= 4 is 60.5 Å². The number of rotatable bonds is 7. The average molecular weight is 740 g/mol. The molecule has 0 amide bonds. The van der Waals surface area contributed by atoms with Gasteiger partial charge in [-0.25, -0.2) is 0 Å². The van der Waals surface area contributed by atoms with Gasteiger partial charge in [-0.1, -0.05) is 170 Å². The number of fused-ring (bicyclic) bond motifs is 6. The molecule has 0 spiro atoms. The second-order valence-electron chi connectivity index (χ2n) is 14.9. The molecule has 1 aromatic heterocycles. The molecule has 272 valence electrons. The summed E-state index contributed by atoms with van der Waals surface area (Å²) in [6, 6.07) is 80.6. The molecule has 10 aromatic carbocycles. The van der Waals surface area contributed by atoms with Gasteiger partial charge in [0.05, 0.1) is 0 Å². The Morgan fingerprint density at radius 1 is 0.293 bits per heavy atom. The van der Waals surface area contributed by atoms with Gasteiger partial charge >= 0.3 is 0 Å². The van der Waals surface area contributed by atoms with E-state index in [0.717, 1.165) is 55.5 Å². The second-order valence-corrected chi connectivity index (χ2v) is 14.9. The Labute approximate surface area is 337 Å². The first-order chi connectivity index (χ1) is 28.7. The van der Waals surface area contributed by atoms with Crippen LogP contribution in [0, 0.1) is 0 Å². The predicted octanol–water partition coefficient (Wildman–Crippen LogP) is 16.0. The molecular formula is C56H37NO. The zero-order valence-electron chi connectivity index (χ0n) is 31.7. The first kappa shape index (κ1) is 33.6. The lowest BCUT2D eigenvalue weighted by Crippen LogP contribution is -2.10. The molecule has 2 heteroatoms. The average Bonchev–Trinajstić information content (AvgIpc) is 3.70. The number of anilines is 3. The van der Waals surface area contributed by atoms with E-state index in [0.29, 0.717) is 0 Å². The van der Waals surface area contributed by atoms with Crippen LogP contribution in [0.1, 0.15) is 0 Å². The number of nitrogens with zero attached hydrogens (tertiary/aromatic N) is 1. The highest BCUT2D eigenvalue weighted by Gasteiger charge is 2.18. The van der Waals surface area contributed by atoms with Crippen molar-refractivity contribution in [1.29, 1.82) is 0 Å². The lowest BCUT2D eigenvalue weighted by Gasteiger charge is -2.26. The summed E-state index contributed by atoms with van der Waals surface area (Å²) in [5.74, 6) is 0. The van der Waals surface area contributed by atoms with Gasteiger partial charge in [-0.3, -0.25) is 0 Å². The summed E-state index contributed by atoms with van der Waals surface area (Å²) in [5.41, 5.74) is 14.5. The zero-order chi connectivity index (χ0) is 38.4. The maximum Gasteiger partial charge on any atom is 0.143 e. The third-order valence-electron chi connectivity index (χ3n) is 11.5. The number of benzene rings is 10. The third kappa shape index (κ3) is 5.91. The Balaban J connectivity index is 1.01. The number of furan rings is 1. The standard InChI is InChI=1S/C56H37NO/c1-2-12-38(13-3-1)39-26-31-46(32-27-39)57(47-33-28-40(29-34-47)43-17-8-18-44(36-43)50-23-10-16-41-14-4-6-21-49(41)50)48-20-9-19-45(37-48)51-24-11-25-54-55(51)53-35-30-42-15-5-7-22-52(42)56(53)58-54/h1-37H. The van der Waals surface area contributed by atoms with Gasteiger partial charge in [0, 0.05) is 33.2 Å². The molecular weight excluding hydrogens is 703 g/mol. The van der Waals surface area contributed by atoms with E-state index >= 15 is 0 Å². The number of hydrogen-bond donors (Lipinski definition) is 0. The predicted molar refractivity (Wildman–Crippen MR) is 245 cm³/mol. The molecule has 0 fully saturated rings. The maximum absolute atomic E-state index is 6.58. The van der Waals surface area contributed by atoms with E-state index in [1.54, 1.807) is 0 Å². The normalized spacial score (nSPS) is 11.4. The summed E-state index contributed by atoms with van der Waals surface area (Å²) in [7, 11) is 0. The molecule has 11 rings (SSSR count). The van der Waals surface area contributed by atoms with E-state index < -0.39 is 0 Å². The molecule has 0 bridgehead atoms. The molecule has 0 saturated carbocycles. The first-order valence-electron chi connectivity index (χ1n) is 19.8. The van der Waals surface area contributed by atoms with Crippen molar-refractivity contribution in [3.8, 4) is 44.5 Å². The van der Waals surface area contributed by atoms with Crippen molar-refractivity contribution in [2.24, 2.45) is 0 Å². The van der Waals surface area contributed by atoms with Crippen molar-refractivity contribution in [3.05, 3.63) is 224 Å². The van der Waals surface area contributed by atoms with Crippen molar-refractivity contribution in [3.63, 3.8) is 0 Å². The molecule has 0 saturated heterocycles. The second kappa shape index (κ2) is 14.1. The molecule has 0 N–H and O–H groups in total. The van der Waals surface area contributed by atoms with Crippen LogP contribution in [0.4, 0.5) is 17.1 Å². The molecule has 0 aliphatic carbocycles. The molecule has 58 heavy (non-hydrogen) atoms. The van der Waals surface area contributed by atoms with Crippen LogP contribution in [0.3, 0.4) is 0 Å². The summed E-state index contributed by atoms with van der Waals surface area (Å²) >= 11 is 0. The van der Waals surface area contributed by atoms with Crippen molar-refractivity contribution in [2.45, 2.75) is 0 Å². The first-order valence-corrected chi connectivity index (χ1v) is 19.8. The van der Waals surface area contributed by atoms with Gasteiger partial charge in [-0.15, -0.1) is 0 Å². The summed E-state index contributed by atoms with van der Waals surface area (Å²) in [6.45, 7) is 0. The Morgan fingerprint density at radius 3 is 1.60 bits per heavy atom. The van der Waals surface area contributed by atoms with Crippen LogP contribution in [0.15, 0.2) is 229 Å². The zero-order valence-corrected chi connectivity index (χ0v) is 31.7. The fourth-order valence-corrected chi connectivity index (χ4v) is 8.63. The van der Waals surface area contributed by atoms with E-state index in [9.17, 15) is 0 Å². The van der Waals surface area contributed by atoms with E-state index in [2.05, 4.69) is 229 Å². The molecule has 2 nitrogen and oxygen atoms in total. The Hall–Kier alpha value is -7.68. The monoisotopic (exact) mass is 739 g/mol. The molecule has 0 radical (unpaired) electrons. The van der Waals surface area contributed by atoms with Crippen LogP contribution in [0.25, 0.3) is 88.0 Å². The van der Waals surface area contributed by atoms with E-state index in [1.807, 2.05) is 0 Å². The lowest BCUT2D eigenvalue weighted by molar-refractivity contribution is 0.673. The summed E-state index contributed by atoms with van der Waals surface area (Å²) < 4.78 is 6.58. The van der Waals surface area contributed by atoms with Crippen LogP contribution in [0.2, 0.25) is 0 Å². The van der Waals surface area contributed by atoms with Crippen LogP contribution in [-0.4, -0.2) is 0 Å². The lowest BCUT2D eigenvalue weighted by atomic mass is 9.95. The largest absolute Gasteiger partial charge is 0.455 e. The van der Waals surface area contributed by atoms with Gasteiger partial charge in [0.25, 0.3) is 0 Å². The Kier molecular flexibility index (Phi) is 8.19. The number of hydrogen-bond acceptors (Lipinski definition) is 2. The minimum atomic E-state index is 0.891. The molecule has 11 aromatic rings. The highest BCUT2D eigenvalue weighted by Crippen LogP contribution is 2.43.